The summed E-state index contributed by atoms with van der Waals surface area (Å²) in [4.78, 5) is 17.9. The largest absolute Gasteiger partial charge is 0.504 e. The molecule has 2 aliphatic heterocycles. The molecule has 4 rings (SSSR count). The number of para-hydroxylation sites is 1. The van der Waals surface area contributed by atoms with Crippen molar-refractivity contribution in [3.05, 3.63) is 59.0 Å². The molecule has 5 nitrogen and oxygen atoms in total. The second-order valence-corrected chi connectivity index (χ2v) is 7.07. The molecule has 2 N–H and O–H groups in total. The number of aromatic nitrogens is 1. The van der Waals surface area contributed by atoms with Crippen molar-refractivity contribution >= 4 is 16.9 Å². The fourth-order valence-electron chi connectivity index (χ4n) is 4.57. The van der Waals surface area contributed by atoms with Gasteiger partial charge in [0.05, 0.1) is 25.0 Å². The quantitative estimate of drug-likeness (QED) is 0.503. The molecule has 136 valence electrons. The Balaban J connectivity index is 1.76. The zero-order chi connectivity index (χ0) is 18.3. The van der Waals surface area contributed by atoms with Crippen molar-refractivity contribution in [3.8, 4) is 0 Å². The van der Waals surface area contributed by atoms with E-state index >= 15 is 0 Å². The number of nitrogens with zero attached hydrogens (tertiary/aromatic N) is 1. The average molecular weight is 352 g/mol. The molecule has 0 aliphatic carbocycles. The topological polar surface area (TPSA) is 65.6 Å². The van der Waals surface area contributed by atoms with Crippen LogP contribution < -0.4 is 0 Å². The third-order valence-electron chi connectivity index (χ3n) is 5.80. The first-order valence-corrected chi connectivity index (χ1v) is 9.08. The summed E-state index contributed by atoms with van der Waals surface area (Å²) in [6.45, 7) is 3.79. The summed E-state index contributed by atoms with van der Waals surface area (Å²) in [7, 11) is 1.50. The molecule has 0 saturated carbocycles. The molecule has 0 spiro atoms. The van der Waals surface area contributed by atoms with Gasteiger partial charge in [-0.15, -0.1) is 0 Å². The first kappa shape index (κ1) is 16.9. The van der Waals surface area contributed by atoms with Crippen LogP contribution in [0.25, 0.3) is 10.9 Å². The van der Waals surface area contributed by atoms with E-state index in [4.69, 9.17) is 4.74 Å². The molecule has 1 fully saturated rings. The third kappa shape index (κ3) is 2.63. The van der Waals surface area contributed by atoms with Gasteiger partial charge in [0, 0.05) is 35.6 Å². The monoisotopic (exact) mass is 352 g/mol. The van der Waals surface area contributed by atoms with Gasteiger partial charge in [0.25, 0.3) is 0 Å². The van der Waals surface area contributed by atoms with Crippen LogP contribution in [0.3, 0.4) is 0 Å². The highest BCUT2D eigenvalue weighted by Crippen LogP contribution is 2.44. The summed E-state index contributed by atoms with van der Waals surface area (Å²) in [5.41, 5.74) is 5.30. The van der Waals surface area contributed by atoms with Crippen molar-refractivity contribution < 1.29 is 14.6 Å². The van der Waals surface area contributed by atoms with E-state index < -0.39 is 5.97 Å². The number of hydrogen-bond donors (Lipinski definition) is 2. The van der Waals surface area contributed by atoms with E-state index in [1.807, 2.05) is 13.0 Å². The van der Waals surface area contributed by atoms with Crippen LogP contribution in [0.5, 0.6) is 0 Å². The van der Waals surface area contributed by atoms with Crippen LogP contribution in [0.2, 0.25) is 0 Å². The molecule has 0 amide bonds. The van der Waals surface area contributed by atoms with E-state index in [0.717, 1.165) is 31.5 Å². The normalized spacial score (nSPS) is 25.2. The Morgan fingerprint density at radius 3 is 2.92 bits per heavy atom. The Bertz CT molecular complexity index is 909. The summed E-state index contributed by atoms with van der Waals surface area (Å²) < 4.78 is 5.07. The number of allylic oxidation sites excluding steroid dienone is 1. The molecule has 5 heteroatoms. The summed E-state index contributed by atoms with van der Waals surface area (Å²) >= 11 is 0. The van der Waals surface area contributed by atoms with E-state index in [-0.39, 0.29) is 12.0 Å². The first-order chi connectivity index (χ1) is 12.6. The molecule has 2 aromatic rings. The van der Waals surface area contributed by atoms with E-state index in [1.165, 1.54) is 35.5 Å². The zero-order valence-corrected chi connectivity index (χ0v) is 15.2. The first-order valence-electron chi connectivity index (χ1n) is 9.08. The minimum Gasteiger partial charge on any atom is -0.504 e. The van der Waals surface area contributed by atoms with Gasteiger partial charge in [0.15, 0.2) is 0 Å². The van der Waals surface area contributed by atoms with E-state index in [0.29, 0.717) is 5.57 Å². The SMILES string of the molecule is C/C=C1/CN2CCc3c([nH]c4ccccc34)[C@@H]2C[C@@H]1/C(=C/OC)C(=O)O. The minimum atomic E-state index is -0.905. The summed E-state index contributed by atoms with van der Waals surface area (Å²) in [5.74, 6) is -1.03. The Hall–Kier alpha value is -2.53. The van der Waals surface area contributed by atoms with E-state index in [1.54, 1.807) is 0 Å². The number of piperidine rings is 1. The predicted octanol–water partition coefficient (Wildman–Crippen LogP) is 3.65. The number of carboxylic acids is 1. The lowest BCUT2D eigenvalue weighted by atomic mass is 9.78. The van der Waals surface area contributed by atoms with Crippen molar-refractivity contribution in [2.75, 3.05) is 20.2 Å². The minimum absolute atomic E-state index is 0.129. The second kappa shape index (κ2) is 6.65. The highest BCUT2D eigenvalue weighted by atomic mass is 16.5. The molecule has 1 saturated heterocycles. The fourth-order valence-corrected chi connectivity index (χ4v) is 4.57. The number of nitrogens with one attached hydrogen (secondary N) is 1. The maximum atomic E-state index is 11.8. The van der Waals surface area contributed by atoms with Gasteiger partial charge in [-0.25, -0.2) is 4.79 Å². The molecule has 1 aromatic heterocycles. The average Bonchev–Trinajstić information content (AvgIpc) is 3.04. The molecule has 1 aromatic carbocycles. The van der Waals surface area contributed by atoms with E-state index in [9.17, 15) is 9.90 Å². The number of carboxylic acid groups (broad SMARTS) is 1. The molecular weight excluding hydrogens is 328 g/mol. The number of aliphatic carboxylic acids is 1. The van der Waals surface area contributed by atoms with Crippen molar-refractivity contribution in [2.45, 2.75) is 25.8 Å². The number of rotatable bonds is 3. The van der Waals surface area contributed by atoms with Crippen molar-refractivity contribution in [3.63, 3.8) is 0 Å². The number of benzene rings is 1. The molecule has 0 bridgehead atoms. The van der Waals surface area contributed by atoms with Gasteiger partial charge in [0.1, 0.15) is 0 Å². The van der Waals surface area contributed by atoms with E-state index in [2.05, 4.69) is 34.2 Å². The van der Waals surface area contributed by atoms with Gasteiger partial charge in [0.2, 0.25) is 0 Å². The number of fused-ring (bicyclic) bond motifs is 5. The van der Waals surface area contributed by atoms with Crippen molar-refractivity contribution in [1.82, 2.24) is 9.88 Å². The lowest BCUT2D eigenvalue weighted by Crippen LogP contribution is -2.43. The summed E-state index contributed by atoms with van der Waals surface area (Å²) in [5, 5.41) is 11.0. The lowest BCUT2D eigenvalue weighted by Gasteiger charge is -2.43. The molecular formula is C21H24N2O3. The highest BCUT2D eigenvalue weighted by molar-refractivity contribution is 5.88. The van der Waals surface area contributed by atoms with Crippen LogP contribution in [0.1, 0.15) is 30.6 Å². The number of ether oxygens (including phenoxy) is 1. The van der Waals surface area contributed by atoms with Gasteiger partial charge in [-0.3, -0.25) is 4.90 Å². The third-order valence-corrected chi connectivity index (χ3v) is 5.80. The predicted molar refractivity (Wildman–Crippen MR) is 101 cm³/mol. The standard InChI is InChI=1S/C21H24N2O3/c1-3-13-11-23-9-8-15-14-6-4-5-7-18(14)22-20(15)19(23)10-16(13)17(12-26-2)21(24)25/h3-7,12,16,19,22H,8-11H2,1-2H3,(H,24,25)/b13-3-,17-12-/t16-,19-/m0/s1. The van der Waals surface area contributed by atoms with Gasteiger partial charge in [-0.1, -0.05) is 29.8 Å². The van der Waals surface area contributed by atoms with Crippen LogP contribution in [-0.2, 0) is 16.0 Å². The Morgan fingerprint density at radius 2 is 2.19 bits per heavy atom. The van der Waals surface area contributed by atoms with Crippen LogP contribution in [0, 0.1) is 5.92 Å². The van der Waals surface area contributed by atoms with Gasteiger partial charge >= 0.3 is 5.97 Å². The number of aromatic amines is 1. The summed E-state index contributed by atoms with van der Waals surface area (Å²) in [6.07, 6.45) is 5.23. The van der Waals surface area contributed by atoms with Gasteiger partial charge in [-0.2, -0.15) is 0 Å². The molecule has 0 radical (unpaired) electrons. The Labute approximate surface area is 153 Å². The highest BCUT2D eigenvalue weighted by Gasteiger charge is 2.40. The van der Waals surface area contributed by atoms with Crippen LogP contribution >= 0.6 is 0 Å². The van der Waals surface area contributed by atoms with Crippen molar-refractivity contribution in [1.29, 1.82) is 0 Å². The Morgan fingerprint density at radius 1 is 1.38 bits per heavy atom. The van der Waals surface area contributed by atoms with Gasteiger partial charge in [-0.05, 0) is 31.4 Å². The van der Waals surface area contributed by atoms with Crippen LogP contribution in [0.4, 0.5) is 0 Å². The zero-order valence-electron chi connectivity index (χ0n) is 15.2. The lowest BCUT2D eigenvalue weighted by molar-refractivity contribution is -0.133. The fraction of sp³-hybridized carbons (Fsp3) is 0.381. The summed E-state index contributed by atoms with van der Waals surface area (Å²) in [6, 6.07) is 8.62. The smallest absolute Gasteiger partial charge is 0.335 e. The maximum Gasteiger partial charge on any atom is 0.335 e. The molecule has 2 atom stereocenters. The molecule has 3 heterocycles. The molecule has 26 heavy (non-hydrogen) atoms. The number of H-pyrrole nitrogens is 1. The molecule has 2 aliphatic rings. The molecule has 0 unspecified atom stereocenters. The maximum absolute atomic E-state index is 11.8. The van der Waals surface area contributed by atoms with Crippen LogP contribution in [0.15, 0.2) is 47.7 Å². The number of methoxy groups -OCH3 is 1. The second-order valence-electron chi connectivity index (χ2n) is 7.07. The number of hydrogen-bond acceptors (Lipinski definition) is 3. The van der Waals surface area contributed by atoms with Crippen LogP contribution in [-0.4, -0.2) is 41.2 Å². The number of carbonyl (C=O) groups is 1. The van der Waals surface area contributed by atoms with Gasteiger partial charge < -0.3 is 14.8 Å². The Kier molecular flexibility index (Phi) is 4.32. The van der Waals surface area contributed by atoms with Crippen molar-refractivity contribution in [2.24, 2.45) is 5.92 Å².